The van der Waals surface area contributed by atoms with E-state index in [9.17, 15) is 9.59 Å². The molecule has 1 aliphatic carbocycles. The number of hydrogen-bond acceptors (Lipinski definition) is 4. The van der Waals surface area contributed by atoms with Crippen LogP contribution in [-0.4, -0.2) is 30.7 Å². The Hall–Kier alpha value is -3.15. The predicted octanol–water partition coefficient (Wildman–Crippen LogP) is 2.91. The van der Waals surface area contributed by atoms with Crippen LogP contribution in [0.15, 0.2) is 47.6 Å². The normalized spacial score (nSPS) is 13.4. The SMILES string of the molecule is C/C(=N\NC(=O)CNC(=O)COc1cccc(C)c1)c1ccc2c(c1)CCCC2. The number of hydrogen-bond donors (Lipinski definition) is 2. The number of aryl methyl sites for hydroxylation is 3. The van der Waals surface area contributed by atoms with Gasteiger partial charge >= 0.3 is 0 Å². The number of ether oxygens (including phenoxy) is 1. The van der Waals surface area contributed by atoms with Crippen LogP contribution in [0.25, 0.3) is 0 Å². The second kappa shape index (κ2) is 9.87. The Morgan fingerprint density at radius 2 is 1.83 bits per heavy atom. The van der Waals surface area contributed by atoms with Gasteiger partial charge in [-0.05, 0) is 80.0 Å². The number of nitrogens with one attached hydrogen (secondary N) is 2. The molecule has 0 bridgehead atoms. The van der Waals surface area contributed by atoms with E-state index in [0.29, 0.717) is 5.75 Å². The Morgan fingerprint density at radius 3 is 2.62 bits per heavy atom. The molecule has 3 rings (SSSR count). The van der Waals surface area contributed by atoms with Crippen LogP contribution < -0.4 is 15.5 Å². The van der Waals surface area contributed by atoms with Crippen LogP contribution >= 0.6 is 0 Å². The van der Waals surface area contributed by atoms with Gasteiger partial charge in [0.05, 0.1) is 12.3 Å². The molecule has 0 spiro atoms. The summed E-state index contributed by atoms with van der Waals surface area (Å²) < 4.78 is 5.41. The molecule has 0 aromatic heterocycles. The fourth-order valence-electron chi connectivity index (χ4n) is 3.29. The van der Waals surface area contributed by atoms with Gasteiger partial charge in [-0.25, -0.2) is 5.43 Å². The van der Waals surface area contributed by atoms with Crippen LogP contribution in [0, 0.1) is 6.92 Å². The van der Waals surface area contributed by atoms with Gasteiger partial charge in [0, 0.05) is 0 Å². The van der Waals surface area contributed by atoms with Gasteiger partial charge in [-0.15, -0.1) is 0 Å². The van der Waals surface area contributed by atoms with E-state index in [2.05, 4.69) is 28.0 Å². The van der Waals surface area contributed by atoms with Crippen LogP contribution in [-0.2, 0) is 22.4 Å². The number of rotatable bonds is 7. The average molecular weight is 393 g/mol. The van der Waals surface area contributed by atoms with Crippen LogP contribution in [0.2, 0.25) is 0 Å². The molecule has 0 saturated heterocycles. The third-order valence-corrected chi connectivity index (χ3v) is 4.92. The summed E-state index contributed by atoms with van der Waals surface area (Å²) in [6.45, 7) is 3.51. The topological polar surface area (TPSA) is 79.8 Å². The third kappa shape index (κ3) is 6.17. The lowest BCUT2D eigenvalue weighted by Gasteiger charge is -2.16. The molecule has 0 radical (unpaired) electrons. The minimum Gasteiger partial charge on any atom is -0.484 e. The Bertz CT molecular complexity index is 921. The molecule has 0 fully saturated rings. The highest BCUT2D eigenvalue weighted by Gasteiger charge is 2.11. The minimum absolute atomic E-state index is 0.145. The van der Waals surface area contributed by atoms with E-state index in [-0.39, 0.29) is 25.0 Å². The zero-order valence-corrected chi connectivity index (χ0v) is 17.0. The lowest BCUT2D eigenvalue weighted by molar-refractivity contribution is -0.127. The van der Waals surface area contributed by atoms with Gasteiger partial charge in [0.1, 0.15) is 5.75 Å². The first-order valence-electron chi connectivity index (χ1n) is 9.93. The molecule has 2 N–H and O–H groups in total. The van der Waals surface area contributed by atoms with Gasteiger partial charge < -0.3 is 10.1 Å². The molecule has 2 amide bonds. The molecular formula is C23H27N3O3. The first-order chi connectivity index (χ1) is 14.0. The third-order valence-electron chi connectivity index (χ3n) is 4.92. The average Bonchev–Trinajstić information content (AvgIpc) is 2.74. The van der Waals surface area contributed by atoms with Crippen LogP contribution in [0.5, 0.6) is 5.75 Å². The summed E-state index contributed by atoms with van der Waals surface area (Å²) in [5.74, 6) is -0.127. The number of carbonyl (C=O) groups excluding carboxylic acids is 2. The highest BCUT2D eigenvalue weighted by Crippen LogP contribution is 2.22. The molecule has 6 nitrogen and oxygen atoms in total. The Labute approximate surface area is 171 Å². The highest BCUT2D eigenvalue weighted by molar-refractivity contribution is 5.99. The number of amides is 2. The van der Waals surface area contributed by atoms with Crippen molar-refractivity contribution < 1.29 is 14.3 Å². The lowest BCUT2D eigenvalue weighted by Crippen LogP contribution is -2.37. The van der Waals surface area contributed by atoms with E-state index >= 15 is 0 Å². The molecule has 0 atom stereocenters. The molecular weight excluding hydrogens is 366 g/mol. The largest absolute Gasteiger partial charge is 0.484 e. The summed E-state index contributed by atoms with van der Waals surface area (Å²) in [5.41, 5.74) is 8.06. The number of nitrogens with zero attached hydrogens (tertiary/aromatic N) is 1. The maximum atomic E-state index is 12.0. The summed E-state index contributed by atoms with van der Waals surface area (Å²) in [6, 6.07) is 13.8. The molecule has 29 heavy (non-hydrogen) atoms. The predicted molar refractivity (Wildman–Crippen MR) is 113 cm³/mol. The van der Waals surface area contributed by atoms with Crippen molar-refractivity contribution in [1.29, 1.82) is 0 Å². The molecule has 2 aromatic carbocycles. The van der Waals surface area contributed by atoms with Crippen molar-refractivity contribution in [2.75, 3.05) is 13.2 Å². The first kappa shape index (κ1) is 20.6. The van der Waals surface area contributed by atoms with Crippen molar-refractivity contribution in [3.05, 3.63) is 64.7 Å². The quantitative estimate of drug-likeness (QED) is 0.561. The van der Waals surface area contributed by atoms with Gasteiger partial charge in [-0.1, -0.05) is 24.3 Å². The monoisotopic (exact) mass is 393 g/mol. The summed E-state index contributed by atoms with van der Waals surface area (Å²) in [6.07, 6.45) is 4.70. The van der Waals surface area contributed by atoms with Crippen LogP contribution in [0.3, 0.4) is 0 Å². The maximum absolute atomic E-state index is 12.0. The van der Waals surface area contributed by atoms with Gasteiger partial charge in [-0.2, -0.15) is 5.10 Å². The van der Waals surface area contributed by atoms with E-state index < -0.39 is 0 Å². The van der Waals surface area contributed by atoms with Crippen molar-refractivity contribution in [3.8, 4) is 5.75 Å². The second-order valence-corrected chi connectivity index (χ2v) is 7.30. The summed E-state index contributed by atoms with van der Waals surface area (Å²) in [5, 5.41) is 6.69. The van der Waals surface area contributed by atoms with Crippen LogP contribution in [0.4, 0.5) is 0 Å². The number of hydrazone groups is 1. The Morgan fingerprint density at radius 1 is 1.03 bits per heavy atom. The molecule has 0 aliphatic heterocycles. The fraction of sp³-hybridized carbons (Fsp3) is 0.348. The van der Waals surface area contributed by atoms with Gasteiger partial charge in [0.15, 0.2) is 6.61 Å². The van der Waals surface area contributed by atoms with Crippen molar-refractivity contribution >= 4 is 17.5 Å². The summed E-state index contributed by atoms with van der Waals surface area (Å²) in [7, 11) is 0. The summed E-state index contributed by atoms with van der Waals surface area (Å²) >= 11 is 0. The Balaban J connectivity index is 1.43. The lowest BCUT2D eigenvalue weighted by atomic mass is 9.90. The first-order valence-corrected chi connectivity index (χ1v) is 9.93. The Kier molecular flexibility index (Phi) is 7.00. The fourth-order valence-corrected chi connectivity index (χ4v) is 3.29. The van der Waals surface area contributed by atoms with Crippen molar-refractivity contribution in [1.82, 2.24) is 10.7 Å². The van der Waals surface area contributed by atoms with Gasteiger partial charge in [0.25, 0.3) is 11.8 Å². The van der Waals surface area contributed by atoms with Gasteiger partial charge in [0.2, 0.25) is 0 Å². The van der Waals surface area contributed by atoms with E-state index in [1.165, 1.54) is 24.0 Å². The van der Waals surface area contributed by atoms with E-state index in [1.54, 1.807) is 6.07 Å². The molecule has 152 valence electrons. The molecule has 6 heteroatoms. The van der Waals surface area contributed by atoms with Gasteiger partial charge in [-0.3, -0.25) is 9.59 Å². The molecule has 1 aliphatic rings. The van der Waals surface area contributed by atoms with E-state index in [0.717, 1.165) is 29.7 Å². The zero-order valence-electron chi connectivity index (χ0n) is 17.0. The zero-order chi connectivity index (χ0) is 20.6. The van der Waals surface area contributed by atoms with Crippen molar-refractivity contribution in [2.45, 2.75) is 39.5 Å². The molecule has 2 aromatic rings. The summed E-state index contributed by atoms with van der Waals surface area (Å²) in [4.78, 5) is 23.8. The number of carbonyl (C=O) groups is 2. The van der Waals surface area contributed by atoms with Crippen molar-refractivity contribution in [3.63, 3.8) is 0 Å². The molecule has 0 unspecified atom stereocenters. The highest BCUT2D eigenvalue weighted by atomic mass is 16.5. The molecule has 0 heterocycles. The van der Waals surface area contributed by atoms with E-state index in [4.69, 9.17) is 4.74 Å². The minimum atomic E-state index is -0.383. The second-order valence-electron chi connectivity index (χ2n) is 7.30. The van der Waals surface area contributed by atoms with Crippen molar-refractivity contribution in [2.24, 2.45) is 5.10 Å². The molecule has 0 saturated carbocycles. The number of benzene rings is 2. The smallest absolute Gasteiger partial charge is 0.259 e. The number of fused-ring (bicyclic) bond motifs is 1. The van der Waals surface area contributed by atoms with Crippen LogP contribution in [0.1, 0.15) is 42.0 Å². The maximum Gasteiger partial charge on any atom is 0.259 e. The standard InChI is InChI=1S/C23H27N3O3/c1-16-6-5-9-21(12-16)29-15-23(28)24-14-22(27)26-25-17(2)19-11-10-18-7-3-4-8-20(18)13-19/h5-6,9-13H,3-4,7-8,14-15H2,1-2H3,(H,24,28)(H,26,27)/b25-17+. The van der Waals surface area contributed by atoms with E-state index in [1.807, 2.05) is 38.1 Å².